The predicted octanol–water partition coefficient (Wildman–Crippen LogP) is 7.35. The van der Waals surface area contributed by atoms with E-state index >= 15 is 0 Å². The van der Waals surface area contributed by atoms with Crippen molar-refractivity contribution in [1.82, 2.24) is 10.3 Å². The molecule has 6 aromatic rings. The zero-order chi connectivity index (χ0) is 48.2. The van der Waals surface area contributed by atoms with Gasteiger partial charge in [-0.05, 0) is 116 Å². The van der Waals surface area contributed by atoms with E-state index < -0.39 is 39.9 Å². The highest BCUT2D eigenvalue weighted by atomic mass is 32.2. The Balaban J connectivity index is 0.00000108. The van der Waals surface area contributed by atoms with Crippen LogP contribution in [0.4, 0.5) is 30.2 Å². The molecule has 1 aromatic heterocycles. The molecule has 0 aliphatic heterocycles. The average molecular weight is 932 g/mol. The van der Waals surface area contributed by atoms with Crippen LogP contribution in [0.2, 0.25) is 0 Å². The number of carbonyl (C=O) groups excluding carboxylic acids is 2. The minimum absolute atomic E-state index is 0.000594. The van der Waals surface area contributed by atoms with Gasteiger partial charge in [0.2, 0.25) is 9.84 Å². The molecule has 66 heavy (non-hydrogen) atoms. The van der Waals surface area contributed by atoms with Gasteiger partial charge in [0.15, 0.2) is 0 Å². The first-order valence-corrected chi connectivity index (χ1v) is 21.8. The Labute approximate surface area is 378 Å². The second-order valence-corrected chi connectivity index (χ2v) is 16.9. The lowest BCUT2D eigenvalue weighted by Crippen LogP contribution is -2.22. The summed E-state index contributed by atoms with van der Waals surface area (Å²) < 4.78 is 65.3. The molecule has 5 aromatic carbocycles. The number of nitrogens with one attached hydrogen (secondary N) is 3. The minimum atomic E-state index is -5.08. The molecule has 0 bridgehead atoms. The normalized spacial score (nSPS) is 11.9. The van der Waals surface area contributed by atoms with Gasteiger partial charge in [0, 0.05) is 46.7 Å². The van der Waals surface area contributed by atoms with Crippen molar-refractivity contribution in [3.63, 3.8) is 0 Å². The molecule has 19 heteroatoms. The number of carbonyl (C=O) groups is 3. The molecule has 0 aliphatic rings. The molecule has 0 radical (unpaired) electrons. The number of carboxylic acid groups (broad SMARTS) is 1. The van der Waals surface area contributed by atoms with Gasteiger partial charge in [0.1, 0.15) is 11.5 Å². The average Bonchev–Trinajstić information content (AvgIpc) is 3.29. The second-order valence-electron chi connectivity index (χ2n) is 15.0. The van der Waals surface area contributed by atoms with Crippen LogP contribution in [-0.2, 0) is 27.7 Å². The number of anilines is 3. The molecule has 6 rings (SSSR count). The molecule has 348 valence electrons. The zero-order valence-electron chi connectivity index (χ0n) is 35.7. The highest BCUT2D eigenvalue weighted by Crippen LogP contribution is 2.35. The number of phenols is 1. The summed E-state index contributed by atoms with van der Waals surface area (Å²) in [5.41, 5.74) is 10.5. The van der Waals surface area contributed by atoms with Crippen LogP contribution in [-0.4, -0.2) is 78.0 Å². The number of nitrogens with two attached hydrogens (primary N) is 1. The zero-order valence-corrected chi connectivity index (χ0v) is 36.5. The summed E-state index contributed by atoms with van der Waals surface area (Å²) >= 11 is 0. The van der Waals surface area contributed by atoms with Crippen molar-refractivity contribution in [2.75, 3.05) is 30.8 Å². The van der Waals surface area contributed by atoms with Gasteiger partial charge in [0.05, 0.1) is 46.4 Å². The molecule has 0 saturated heterocycles. The Hall–Kier alpha value is -7.06. The maximum atomic E-state index is 14.1. The van der Waals surface area contributed by atoms with Gasteiger partial charge < -0.3 is 46.8 Å². The highest BCUT2D eigenvalue weighted by Gasteiger charge is 2.38. The van der Waals surface area contributed by atoms with Crippen molar-refractivity contribution in [3.8, 4) is 11.5 Å². The number of aromatic hydroxyl groups is 1. The fraction of sp³-hybridized carbons (Fsp3) is 0.234. The number of benzene rings is 5. The summed E-state index contributed by atoms with van der Waals surface area (Å²) in [5, 5.41) is 46.3. The van der Waals surface area contributed by atoms with Crippen LogP contribution in [0.3, 0.4) is 0 Å². The van der Waals surface area contributed by atoms with E-state index in [1.807, 2.05) is 24.3 Å². The van der Waals surface area contributed by atoms with Crippen LogP contribution >= 0.6 is 0 Å². The molecule has 2 amide bonds. The van der Waals surface area contributed by atoms with E-state index in [2.05, 4.69) is 20.9 Å². The number of alkyl halides is 3. The van der Waals surface area contributed by atoms with Gasteiger partial charge in [0.25, 0.3) is 11.8 Å². The van der Waals surface area contributed by atoms with Crippen LogP contribution in [0.5, 0.6) is 11.5 Å². The summed E-state index contributed by atoms with van der Waals surface area (Å²) in [6.07, 6.45) is -0.781. The first kappa shape index (κ1) is 49.9. The predicted molar refractivity (Wildman–Crippen MR) is 241 cm³/mol. The number of amides is 2. The van der Waals surface area contributed by atoms with Gasteiger partial charge >= 0.3 is 12.1 Å². The minimum Gasteiger partial charge on any atom is -0.508 e. The lowest BCUT2D eigenvalue weighted by molar-refractivity contribution is -0.192. The van der Waals surface area contributed by atoms with Gasteiger partial charge in [-0.25, -0.2) is 13.2 Å². The van der Waals surface area contributed by atoms with Gasteiger partial charge in [-0.2, -0.15) is 13.2 Å². The molecule has 1 heterocycles. The Bertz CT molecular complexity index is 2810. The molecule has 9 N–H and O–H groups in total. The fourth-order valence-electron chi connectivity index (χ4n) is 6.72. The largest absolute Gasteiger partial charge is 0.508 e. The molecule has 0 aliphatic carbocycles. The maximum Gasteiger partial charge on any atom is 0.490 e. The van der Waals surface area contributed by atoms with E-state index in [4.69, 9.17) is 20.4 Å². The highest BCUT2D eigenvalue weighted by molar-refractivity contribution is 7.91. The SMILES string of the molecule is COc1cccc(Nc2c(C(N)=O)cnc3c(C)cc(S(=O)(=O)c4cccc(C(=O)Nc5ccc(CCCCCNCC(O)c6ccc(O)c(CO)c6)cc5)c4)cc23)c1.O=C(O)C(F)(F)F. The van der Waals surface area contributed by atoms with Crippen molar-refractivity contribution in [3.05, 3.63) is 143 Å². The number of aryl methyl sites for hydroxylation is 2. The molecule has 0 fully saturated rings. The number of aliphatic carboxylic acids is 1. The van der Waals surface area contributed by atoms with Gasteiger partial charge in [-0.1, -0.05) is 36.8 Å². The van der Waals surface area contributed by atoms with E-state index in [1.165, 1.54) is 49.7 Å². The number of aliphatic hydroxyl groups excluding tert-OH is 2. The number of unbranched alkanes of at least 4 members (excludes halogenated alkanes) is 2. The maximum absolute atomic E-state index is 14.1. The van der Waals surface area contributed by atoms with Crippen molar-refractivity contribution in [2.24, 2.45) is 5.73 Å². The number of hydrogen-bond acceptors (Lipinski definition) is 12. The number of carboxylic acids is 1. The Morgan fingerprint density at radius 2 is 1.59 bits per heavy atom. The summed E-state index contributed by atoms with van der Waals surface area (Å²) in [6.45, 7) is 2.52. The quantitative estimate of drug-likeness (QED) is 0.0393. The summed E-state index contributed by atoms with van der Waals surface area (Å²) in [4.78, 5) is 39.1. The smallest absolute Gasteiger partial charge is 0.490 e. The third-order valence-electron chi connectivity index (χ3n) is 10.2. The molecule has 0 spiro atoms. The number of primary amides is 1. The van der Waals surface area contributed by atoms with Crippen LogP contribution in [0.25, 0.3) is 10.9 Å². The van der Waals surface area contributed by atoms with Crippen molar-refractivity contribution < 1.29 is 61.1 Å². The molecule has 0 saturated carbocycles. The lowest BCUT2D eigenvalue weighted by atomic mass is 10.0. The third kappa shape index (κ3) is 13.0. The van der Waals surface area contributed by atoms with Crippen molar-refractivity contribution >= 4 is 55.6 Å². The van der Waals surface area contributed by atoms with E-state index in [0.29, 0.717) is 56.9 Å². The number of sulfone groups is 1. The second kappa shape index (κ2) is 22.2. The Kier molecular flexibility index (Phi) is 16.8. The number of aromatic nitrogens is 1. The number of rotatable bonds is 18. The summed E-state index contributed by atoms with van der Waals surface area (Å²) in [7, 11) is -2.62. The van der Waals surface area contributed by atoms with Crippen molar-refractivity contribution in [2.45, 2.75) is 61.3 Å². The number of nitrogens with zero attached hydrogens (tertiary/aromatic N) is 1. The molecule has 15 nitrogen and oxygen atoms in total. The number of halogens is 3. The fourth-order valence-corrected chi connectivity index (χ4v) is 8.14. The number of ether oxygens (including phenoxy) is 1. The van der Waals surface area contributed by atoms with E-state index in [0.717, 1.165) is 37.8 Å². The standard InChI is InChI=1S/C45H47N5O8S.C2HF3O2/c1-28-20-37(24-38-42(28)48-25-39(44(46)54)43(38)49-34-10-7-11-35(23-34)58-2)59(56,57)36-12-6-9-31(22-36)45(55)50-33-16-13-29(14-17-33)8-4-3-5-19-47-26-41(53)30-15-18-40(52)32(21-30)27-51;3-2(4,5)1(6)7/h6-7,9-18,20-25,41,47,51-53H,3-5,8,19,26-27H2,1-2H3,(H2,46,54)(H,48,49)(H,50,55);(H,6,7). The number of methoxy groups -OCH3 is 1. The lowest BCUT2D eigenvalue weighted by Gasteiger charge is -2.16. The topological polar surface area (TPSA) is 250 Å². The molecule has 1 atom stereocenters. The van der Waals surface area contributed by atoms with Crippen molar-refractivity contribution in [1.29, 1.82) is 0 Å². The number of aliphatic hydroxyl groups is 2. The van der Waals surface area contributed by atoms with Crippen LogP contribution in [0.1, 0.15) is 68.3 Å². The summed E-state index contributed by atoms with van der Waals surface area (Å²) in [5.74, 6) is -3.40. The number of pyridine rings is 1. The Morgan fingerprint density at radius 1 is 0.879 bits per heavy atom. The molecule has 1 unspecified atom stereocenters. The van der Waals surface area contributed by atoms with E-state index in [-0.39, 0.29) is 33.3 Å². The van der Waals surface area contributed by atoms with E-state index in [9.17, 15) is 46.5 Å². The Morgan fingerprint density at radius 3 is 2.26 bits per heavy atom. The van der Waals surface area contributed by atoms with Crippen LogP contribution in [0, 0.1) is 6.92 Å². The van der Waals surface area contributed by atoms with Crippen LogP contribution < -0.4 is 26.4 Å². The molecular formula is C47H48F3N5O10S. The number of fused-ring (bicyclic) bond motifs is 1. The molecular weight excluding hydrogens is 884 g/mol. The van der Waals surface area contributed by atoms with Gasteiger partial charge in [-0.3, -0.25) is 14.6 Å². The van der Waals surface area contributed by atoms with Gasteiger partial charge in [-0.15, -0.1) is 0 Å². The first-order chi connectivity index (χ1) is 31.3. The first-order valence-electron chi connectivity index (χ1n) is 20.3. The summed E-state index contributed by atoms with van der Waals surface area (Å²) in [6, 6.07) is 28.0. The monoisotopic (exact) mass is 931 g/mol. The number of hydrogen-bond donors (Lipinski definition) is 8. The van der Waals surface area contributed by atoms with Crippen LogP contribution in [0.15, 0.2) is 119 Å². The third-order valence-corrected chi connectivity index (χ3v) is 12.0. The van der Waals surface area contributed by atoms with E-state index in [1.54, 1.807) is 49.4 Å².